The largest absolute Gasteiger partial charge is 0.386 e. The third-order valence-electron chi connectivity index (χ3n) is 2.35. The van der Waals surface area contributed by atoms with Gasteiger partial charge in [0.25, 0.3) is 0 Å². The van der Waals surface area contributed by atoms with Gasteiger partial charge in [-0.2, -0.15) is 0 Å². The molecule has 3 rings (SSSR count). The average Bonchev–Trinajstić information content (AvgIpc) is 2.88. The molecule has 1 aliphatic rings. The van der Waals surface area contributed by atoms with Crippen LogP contribution < -0.4 is 0 Å². The molecular weight excluding hydrogens is 210 g/mol. The van der Waals surface area contributed by atoms with E-state index < -0.39 is 11.9 Å². The monoisotopic (exact) mass is 215 g/mol. The summed E-state index contributed by atoms with van der Waals surface area (Å²) in [6, 6.07) is 4.92. The molecule has 1 aromatic heterocycles. The average molecular weight is 215 g/mol. The van der Waals surface area contributed by atoms with Crippen LogP contribution in [0.15, 0.2) is 30.9 Å². The van der Waals surface area contributed by atoms with Gasteiger partial charge in [0.15, 0.2) is 0 Å². The second-order valence-corrected chi connectivity index (χ2v) is 3.25. The van der Waals surface area contributed by atoms with Crippen molar-refractivity contribution in [3.05, 3.63) is 42.0 Å². The Morgan fingerprint density at radius 1 is 1.06 bits per heavy atom. The van der Waals surface area contributed by atoms with E-state index in [2.05, 4.69) is 14.9 Å². The standard InChI is InChI=1S/C10H5N3O3/c14-9-6-2-1-3-7(8(6)10(15)16-9)13-4-11-12-5-13/h1-5H. The van der Waals surface area contributed by atoms with Crippen molar-refractivity contribution >= 4 is 11.9 Å². The Morgan fingerprint density at radius 3 is 2.56 bits per heavy atom. The van der Waals surface area contributed by atoms with Gasteiger partial charge in [0.2, 0.25) is 0 Å². The minimum atomic E-state index is -0.635. The van der Waals surface area contributed by atoms with Crippen molar-refractivity contribution in [2.45, 2.75) is 0 Å². The molecule has 0 saturated carbocycles. The molecule has 1 aliphatic heterocycles. The van der Waals surface area contributed by atoms with E-state index in [9.17, 15) is 9.59 Å². The zero-order valence-corrected chi connectivity index (χ0v) is 7.95. The van der Waals surface area contributed by atoms with Crippen LogP contribution in [0.3, 0.4) is 0 Å². The summed E-state index contributed by atoms with van der Waals surface area (Å²) in [6.07, 6.45) is 2.90. The lowest BCUT2D eigenvalue weighted by atomic mass is 10.1. The van der Waals surface area contributed by atoms with Crippen LogP contribution in [0.4, 0.5) is 0 Å². The highest BCUT2D eigenvalue weighted by Gasteiger charge is 2.32. The van der Waals surface area contributed by atoms with E-state index in [-0.39, 0.29) is 11.1 Å². The number of hydrogen-bond donors (Lipinski definition) is 0. The number of benzene rings is 1. The van der Waals surface area contributed by atoms with Crippen LogP contribution in [0.5, 0.6) is 0 Å². The van der Waals surface area contributed by atoms with Crippen LogP contribution in [0, 0.1) is 0 Å². The fourth-order valence-electron chi connectivity index (χ4n) is 1.66. The number of hydrogen-bond acceptors (Lipinski definition) is 5. The zero-order chi connectivity index (χ0) is 11.1. The second kappa shape index (κ2) is 2.99. The highest BCUT2D eigenvalue weighted by Crippen LogP contribution is 2.25. The molecule has 0 saturated heterocycles. The summed E-state index contributed by atoms with van der Waals surface area (Å²) in [6.45, 7) is 0. The van der Waals surface area contributed by atoms with Crippen molar-refractivity contribution in [1.29, 1.82) is 0 Å². The predicted molar refractivity (Wildman–Crippen MR) is 51.1 cm³/mol. The molecule has 0 bridgehead atoms. The quantitative estimate of drug-likeness (QED) is 0.513. The lowest BCUT2D eigenvalue weighted by Gasteiger charge is -2.03. The Hall–Kier alpha value is -2.50. The summed E-state index contributed by atoms with van der Waals surface area (Å²) in [5.41, 5.74) is 1.07. The van der Waals surface area contributed by atoms with Crippen molar-refractivity contribution in [2.24, 2.45) is 0 Å². The Morgan fingerprint density at radius 2 is 1.81 bits per heavy atom. The van der Waals surface area contributed by atoms with Crippen LogP contribution in [0.25, 0.3) is 5.69 Å². The van der Waals surface area contributed by atoms with Gasteiger partial charge in [0, 0.05) is 0 Å². The molecule has 16 heavy (non-hydrogen) atoms. The van der Waals surface area contributed by atoms with E-state index in [0.717, 1.165) is 0 Å². The van der Waals surface area contributed by atoms with Gasteiger partial charge in [-0.3, -0.25) is 4.57 Å². The summed E-state index contributed by atoms with van der Waals surface area (Å²) in [7, 11) is 0. The van der Waals surface area contributed by atoms with Gasteiger partial charge in [-0.25, -0.2) is 9.59 Å². The number of carbonyl (C=O) groups is 2. The second-order valence-electron chi connectivity index (χ2n) is 3.25. The molecule has 0 spiro atoms. The summed E-state index contributed by atoms with van der Waals surface area (Å²) >= 11 is 0. The first-order valence-electron chi connectivity index (χ1n) is 4.52. The maximum Gasteiger partial charge on any atom is 0.349 e. The van der Waals surface area contributed by atoms with Crippen LogP contribution in [0.2, 0.25) is 0 Å². The predicted octanol–water partition coefficient (Wildman–Crippen LogP) is 0.578. The molecule has 0 N–H and O–H groups in total. The highest BCUT2D eigenvalue weighted by molar-refractivity contribution is 6.16. The molecule has 78 valence electrons. The topological polar surface area (TPSA) is 74.1 Å². The number of carbonyl (C=O) groups excluding carboxylic acids is 2. The van der Waals surface area contributed by atoms with Crippen LogP contribution in [-0.4, -0.2) is 26.7 Å². The smallest absolute Gasteiger partial charge is 0.349 e. The molecule has 0 fully saturated rings. The lowest BCUT2D eigenvalue weighted by molar-refractivity contribution is 0.0444. The number of ether oxygens (including phenoxy) is 1. The van der Waals surface area contributed by atoms with Crippen molar-refractivity contribution in [2.75, 3.05) is 0 Å². The Kier molecular flexibility index (Phi) is 1.64. The maximum atomic E-state index is 11.5. The molecule has 0 unspecified atom stereocenters. The number of cyclic esters (lactones) is 2. The van der Waals surface area contributed by atoms with Crippen LogP contribution in [-0.2, 0) is 4.74 Å². The van der Waals surface area contributed by atoms with Gasteiger partial charge in [0.05, 0.1) is 16.8 Å². The molecule has 0 amide bonds. The maximum absolute atomic E-state index is 11.5. The summed E-state index contributed by atoms with van der Waals surface area (Å²) < 4.78 is 6.09. The first-order valence-corrected chi connectivity index (χ1v) is 4.52. The van der Waals surface area contributed by atoms with E-state index in [1.165, 1.54) is 12.7 Å². The van der Waals surface area contributed by atoms with Gasteiger partial charge >= 0.3 is 11.9 Å². The third kappa shape index (κ3) is 1.07. The van der Waals surface area contributed by atoms with Crippen molar-refractivity contribution in [1.82, 2.24) is 14.8 Å². The van der Waals surface area contributed by atoms with E-state index in [1.807, 2.05) is 0 Å². The van der Waals surface area contributed by atoms with Gasteiger partial charge < -0.3 is 4.74 Å². The van der Waals surface area contributed by atoms with Crippen molar-refractivity contribution in [3.8, 4) is 5.69 Å². The molecule has 2 aromatic rings. The molecule has 2 heterocycles. The fraction of sp³-hybridized carbons (Fsp3) is 0. The van der Waals surface area contributed by atoms with E-state index in [1.54, 1.807) is 22.8 Å². The number of aromatic nitrogens is 3. The molecule has 0 radical (unpaired) electrons. The van der Waals surface area contributed by atoms with Crippen molar-refractivity contribution < 1.29 is 14.3 Å². The molecule has 6 heteroatoms. The number of rotatable bonds is 1. The van der Waals surface area contributed by atoms with Gasteiger partial charge in [-0.15, -0.1) is 10.2 Å². The van der Waals surface area contributed by atoms with Crippen LogP contribution >= 0.6 is 0 Å². The SMILES string of the molecule is O=C1OC(=O)c2c1cccc2-n1cnnc1. The van der Waals surface area contributed by atoms with E-state index >= 15 is 0 Å². The first kappa shape index (κ1) is 8.78. The molecule has 6 nitrogen and oxygen atoms in total. The summed E-state index contributed by atoms with van der Waals surface area (Å²) in [5, 5.41) is 7.29. The highest BCUT2D eigenvalue weighted by atomic mass is 16.6. The lowest BCUT2D eigenvalue weighted by Crippen LogP contribution is -2.02. The normalized spacial score (nSPS) is 13.8. The van der Waals surface area contributed by atoms with Gasteiger partial charge in [-0.1, -0.05) is 6.07 Å². The number of fused-ring (bicyclic) bond motifs is 1. The summed E-state index contributed by atoms with van der Waals surface area (Å²) in [5.74, 6) is -1.25. The summed E-state index contributed by atoms with van der Waals surface area (Å²) in [4.78, 5) is 22.8. The first-order chi connectivity index (χ1) is 7.77. The third-order valence-corrected chi connectivity index (χ3v) is 2.35. The van der Waals surface area contributed by atoms with E-state index in [0.29, 0.717) is 5.69 Å². The van der Waals surface area contributed by atoms with Crippen LogP contribution in [0.1, 0.15) is 20.7 Å². The molecule has 1 aromatic carbocycles. The molecule has 0 atom stereocenters. The zero-order valence-electron chi connectivity index (χ0n) is 7.95. The van der Waals surface area contributed by atoms with Crippen molar-refractivity contribution in [3.63, 3.8) is 0 Å². The number of nitrogens with zero attached hydrogens (tertiary/aromatic N) is 3. The molecular formula is C10H5N3O3. The van der Waals surface area contributed by atoms with Gasteiger partial charge in [-0.05, 0) is 12.1 Å². The molecule has 0 aliphatic carbocycles. The van der Waals surface area contributed by atoms with E-state index in [4.69, 9.17) is 0 Å². The Bertz CT molecular complexity index is 589. The minimum Gasteiger partial charge on any atom is -0.386 e. The fourth-order valence-corrected chi connectivity index (χ4v) is 1.66. The Balaban J connectivity index is 2.30. The Labute approximate surface area is 89.5 Å². The van der Waals surface area contributed by atoms with Gasteiger partial charge in [0.1, 0.15) is 12.7 Å². The minimum absolute atomic E-state index is 0.257. The number of esters is 2.